The van der Waals surface area contributed by atoms with Gasteiger partial charge in [0.15, 0.2) is 0 Å². The van der Waals surface area contributed by atoms with Crippen LogP contribution in [0.1, 0.15) is 23.3 Å². The van der Waals surface area contributed by atoms with Crippen LogP contribution in [0.15, 0.2) is 48.7 Å². The number of hydrogen-bond donors (Lipinski definition) is 0. The SMILES string of the molecule is O=C(c1cc(Oc2ccccc2)ccn1)N1CCC(CN2CCOCC2)CC1. The number of pyridine rings is 1. The molecule has 0 N–H and O–H groups in total. The van der Waals surface area contributed by atoms with Gasteiger partial charge in [-0.1, -0.05) is 18.2 Å². The summed E-state index contributed by atoms with van der Waals surface area (Å²) >= 11 is 0. The Kier molecular flexibility index (Phi) is 6.19. The summed E-state index contributed by atoms with van der Waals surface area (Å²) in [5, 5.41) is 0. The minimum atomic E-state index is -0.0108. The van der Waals surface area contributed by atoms with Gasteiger partial charge in [0.25, 0.3) is 5.91 Å². The Balaban J connectivity index is 1.31. The molecule has 3 heterocycles. The van der Waals surface area contributed by atoms with Crippen molar-refractivity contribution in [3.05, 3.63) is 54.4 Å². The summed E-state index contributed by atoms with van der Waals surface area (Å²) in [5.41, 5.74) is 0.445. The van der Waals surface area contributed by atoms with Gasteiger partial charge >= 0.3 is 0 Å². The van der Waals surface area contributed by atoms with Crippen LogP contribution in [0, 0.1) is 5.92 Å². The van der Waals surface area contributed by atoms with Gasteiger partial charge in [0.1, 0.15) is 17.2 Å². The predicted octanol–water partition coefficient (Wildman–Crippen LogP) is 3.06. The number of piperidine rings is 1. The lowest BCUT2D eigenvalue weighted by Crippen LogP contribution is -2.44. The van der Waals surface area contributed by atoms with Crippen molar-refractivity contribution in [2.45, 2.75) is 12.8 Å². The molecule has 4 rings (SSSR count). The number of ether oxygens (including phenoxy) is 2. The minimum Gasteiger partial charge on any atom is -0.457 e. The van der Waals surface area contributed by atoms with Crippen LogP contribution < -0.4 is 4.74 Å². The number of amides is 1. The number of carbonyl (C=O) groups excluding carboxylic acids is 1. The summed E-state index contributed by atoms with van der Waals surface area (Å²) in [6.45, 7) is 6.42. The first-order valence-corrected chi connectivity index (χ1v) is 10.1. The molecule has 1 aromatic heterocycles. The average Bonchev–Trinajstić information content (AvgIpc) is 2.75. The monoisotopic (exact) mass is 381 g/mol. The highest BCUT2D eigenvalue weighted by molar-refractivity contribution is 5.92. The lowest BCUT2D eigenvalue weighted by atomic mass is 9.95. The number of benzene rings is 1. The maximum atomic E-state index is 12.9. The van der Waals surface area contributed by atoms with Gasteiger partial charge in [-0.05, 0) is 37.0 Å². The molecule has 0 radical (unpaired) electrons. The molecule has 2 aliphatic heterocycles. The minimum absolute atomic E-state index is 0.0108. The summed E-state index contributed by atoms with van der Waals surface area (Å²) in [6.07, 6.45) is 3.73. The van der Waals surface area contributed by atoms with Crippen LogP contribution in [0.25, 0.3) is 0 Å². The molecule has 2 fully saturated rings. The van der Waals surface area contributed by atoms with Crippen LogP contribution in [0.4, 0.5) is 0 Å². The Labute approximate surface area is 166 Å². The number of morpholine rings is 1. The molecule has 0 bridgehead atoms. The van der Waals surface area contributed by atoms with Gasteiger partial charge in [0, 0.05) is 45.0 Å². The van der Waals surface area contributed by atoms with Crippen LogP contribution in [-0.2, 0) is 4.74 Å². The zero-order chi connectivity index (χ0) is 19.2. The van der Waals surface area contributed by atoms with E-state index in [1.807, 2.05) is 35.2 Å². The van der Waals surface area contributed by atoms with E-state index in [1.54, 1.807) is 18.3 Å². The van der Waals surface area contributed by atoms with E-state index in [1.165, 1.54) is 0 Å². The van der Waals surface area contributed by atoms with Gasteiger partial charge < -0.3 is 14.4 Å². The standard InChI is InChI=1S/C22H27N3O3/c26-22(21-16-20(6-9-23-21)28-19-4-2-1-3-5-19)25-10-7-18(8-11-25)17-24-12-14-27-15-13-24/h1-6,9,16,18H,7-8,10-15,17H2. The molecule has 2 saturated heterocycles. The second-order valence-corrected chi connectivity index (χ2v) is 7.44. The molecular weight excluding hydrogens is 354 g/mol. The zero-order valence-corrected chi connectivity index (χ0v) is 16.1. The smallest absolute Gasteiger partial charge is 0.272 e. The van der Waals surface area contributed by atoms with Crippen LogP contribution in [0.5, 0.6) is 11.5 Å². The third kappa shape index (κ3) is 4.88. The van der Waals surface area contributed by atoms with E-state index < -0.39 is 0 Å². The first-order valence-electron chi connectivity index (χ1n) is 10.1. The summed E-state index contributed by atoms with van der Waals surface area (Å²) < 4.78 is 11.3. The predicted molar refractivity (Wildman–Crippen MR) is 107 cm³/mol. The molecule has 0 saturated carbocycles. The number of rotatable bonds is 5. The third-order valence-electron chi connectivity index (χ3n) is 5.45. The lowest BCUT2D eigenvalue weighted by molar-refractivity contribution is 0.0242. The van der Waals surface area contributed by atoms with Crippen LogP contribution >= 0.6 is 0 Å². The quantitative estimate of drug-likeness (QED) is 0.797. The van der Waals surface area contributed by atoms with E-state index in [9.17, 15) is 4.79 Å². The van der Waals surface area contributed by atoms with Gasteiger partial charge in [-0.25, -0.2) is 0 Å². The second kappa shape index (κ2) is 9.17. The zero-order valence-electron chi connectivity index (χ0n) is 16.1. The highest BCUT2D eigenvalue weighted by Gasteiger charge is 2.26. The molecule has 28 heavy (non-hydrogen) atoms. The van der Waals surface area contributed by atoms with Crippen molar-refractivity contribution in [1.82, 2.24) is 14.8 Å². The van der Waals surface area contributed by atoms with Crippen molar-refractivity contribution in [3.8, 4) is 11.5 Å². The van der Waals surface area contributed by atoms with Crippen molar-refractivity contribution >= 4 is 5.91 Å². The molecule has 6 nitrogen and oxygen atoms in total. The first-order chi connectivity index (χ1) is 13.8. The highest BCUT2D eigenvalue weighted by atomic mass is 16.5. The van der Waals surface area contributed by atoms with Gasteiger partial charge in [-0.3, -0.25) is 14.7 Å². The van der Waals surface area contributed by atoms with Crippen LogP contribution in [0.2, 0.25) is 0 Å². The molecule has 2 aromatic rings. The Morgan fingerprint density at radius 3 is 2.54 bits per heavy atom. The topological polar surface area (TPSA) is 54.9 Å². The molecule has 0 atom stereocenters. The van der Waals surface area contributed by atoms with Gasteiger partial charge in [-0.15, -0.1) is 0 Å². The Morgan fingerprint density at radius 2 is 1.79 bits per heavy atom. The number of likely N-dealkylation sites (tertiary alicyclic amines) is 1. The van der Waals surface area contributed by atoms with Crippen LogP contribution in [-0.4, -0.2) is 66.6 Å². The normalized spacial score (nSPS) is 18.8. The summed E-state index contributed by atoms with van der Waals surface area (Å²) in [6, 6.07) is 13.1. The van der Waals surface area contributed by atoms with Crippen molar-refractivity contribution in [2.24, 2.45) is 5.92 Å². The van der Waals surface area contributed by atoms with Crippen LogP contribution in [0.3, 0.4) is 0 Å². The molecule has 6 heteroatoms. The van der Waals surface area contributed by atoms with Gasteiger partial charge in [0.05, 0.1) is 13.2 Å². The lowest BCUT2D eigenvalue weighted by Gasteiger charge is -2.36. The van der Waals surface area contributed by atoms with E-state index >= 15 is 0 Å². The largest absolute Gasteiger partial charge is 0.457 e. The molecule has 2 aliphatic rings. The second-order valence-electron chi connectivity index (χ2n) is 7.44. The van der Waals surface area contributed by atoms with Crippen molar-refractivity contribution in [1.29, 1.82) is 0 Å². The number of nitrogens with zero attached hydrogens (tertiary/aromatic N) is 3. The van der Waals surface area contributed by atoms with Gasteiger partial charge in [-0.2, -0.15) is 0 Å². The maximum absolute atomic E-state index is 12.9. The fourth-order valence-electron chi connectivity index (χ4n) is 3.85. The Bertz CT molecular complexity index is 770. The molecule has 148 valence electrons. The first kappa shape index (κ1) is 18.9. The molecule has 1 amide bonds. The van der Waals surface area contributed by atoms with Gasteiger partial charge in [0.2, 0.25) is 0 Å². The fourth-order valence-corrected chi connectivity index (χ4v) is 3.85. The number of para-hydroxylation sites is 1. The van der Waals surface area contributed by atoms with E-state index in [-0.39, 0.29) is 5.91 Å². The Morgan fingerprint density at radius 1 is 1.04 bits per heavy atom. The number of aromatic nitrogens is 1. The molecule has 1 aromatic carbocycles. The van der Waals surface area contributed by atoms with Crippen molar-refractivity contribution in [2.75, 3.05) is 45.9 Å². The summed E-state index contributed by atoms with van der Waals surface area (Å²) in [7, 11) is 0. The van der Waals surface area contributed by atoms with E-state index in [2.05, 4.69) is 9.88 Å². The third-order valence-corrected chi connectivity index (χ3v) is 5.45. The van der Waals surface area contributed by atoms with Crippen molar-refractivity contribution in [3.63, 3.8) is 0 Å². The molecule has 0 spiro atoms. The number of carbonyl (C=O) groups is 1. The van der Waals surface area contributed by atoms with E-state index in [0.717, 1.165) is 64.5 Å². The number of hydrogen-bond acceptors (Lipinski definition) is 5. The van der Waals surface area contributed by atoms with E-state index in [0.29, 0.717) is 17.4 Å². The maximum Gasteiger partial charge on any atom is 0.272 e. The van der Waals surface area contributed by atoms with E-state index in [4.69, 9.17) is 9.47 Å². The summed E-state index contributed by atoms with van der Waals surface area (Å²) in [5.74, 6) is 2.02. The molecule has 0 unspecified atom stereocenters. The fraction of sp³-hybridized carbons (Fsp3) is 0.455. The highest BCUT2D eigenvalue weighted by Crippen LogP contribution is 2.23. The Hall–Kier alpha value is -2.44. The van der Waals surface area contributed by atoms with Crippen molar-refractivity contribution < 1.29 is 14.3 Å². The molecular formula is C22H27N3O3. The summed E-state index contributed by atoms with van der Waals surface area (Å²) in [4.78, 5) is 21.6. The molecule has 0 aliphatic carbocycles. The average molecular weight is 381 g/mol.